The highest BCUT2D eigenvalue weighted by Crippen LogP contribution is 2.29. The third-order valence-electron chi connectivity index (χ3n) is 4.96. The molecule has 1 saturated carbocycles. The molecule has 0 saturated heterocycles. The molecule has 0 aliphatic heterocycles. The smallest absolute Gasteiger partial charge is 0.243 e. The largest absolute Gasteiger partial charge is 0.336 e. The summed E-state index contributed by atoms with van der Waals surface area (Å²) in [7, 11) is 0. The van der Waals surface area contributed by atoms with Crippen molar-refractivity contribution in [1.82, 2.24) is 9.47 Å². The van der Waals surface area contributed by atoms with E-state index >= 15 is 0 Å². The fourth-order valence-electron chi connectivity index (χ4n) is 3.73. The average Bonchev–Trinajstić information content (AvgIpc) is 3.43. The number of nitrogens with zero attached hydrogens (tertiary/aromatic N) is 2. The number of aromatic nitrogens is 1. The summed E-state index contributed by atoms with van der Waals surface area (Å²) >= 11 is 0. The van der Waals surface area contributed by atoms with E-state index in [0.717, 1.165) is 23.9 Å². The van der Waals surface area contributed by atoms with Crippen molar-refractivity contribution >= 4 is 27.7 Å². The molecular weight excluding hydrogens is 312 g/mol. The van der Waals surface area contributed by atoms with E-state index in [1.54, 1.807) is 0 Å². The predicted molar refractivity (Wildman–Crippen MR) is 101 cm³/mol. The molecule has 0 bridgehead atoms. The van der Waals surface area contributed by atoms with E-state index in [-0.39, 0.29) is 23.9 Å². The highest BCUT2D eigenvalue weighted by molar-refractivity contribution is 5.94. The summed E-state index contributed by atoms with van der Waals surface area (Å²) in [5.41, 5.74) is 1.66. The number of hydrogen-bond acceptors (Lipinski definition) is 2. The van der Waals surface area contributed by atoms with Gasteiger partial charge in [-0.3, -0.25) is 9.59 Å². The number of carbonyl (C=O) groups excluding carboxylic acids is 1. The summed E-state index contributed by atoms with van der Waals surface area (Å²) in [5.74, 6) is 0.122. The first-order chi connectivity index (χ1) is 12.1. The molecule has 3 aromatic rings. The number of pyridine rings is 1. The molecule has 0 spiro atoms. The van der Waals surface area contributed by atoms with Crippen molar-refractivity contribution in [2.45, 2.75) is 45.3 Å². The molecule has 1 aliphatic carbocycles. The number of carbonyl (C=O) groups is 1. The molecule has 1 amide bonds. The third kappa shape index (κ3) is 2.72. The molecule has 1 aromatic heterocycles. The van der Waals surface area contributed by atoms with Crippen molar-refractivity contribution in [3.8, 4) is 0 Å². The zero-order valence-electron chi connectivity index (χ0n) is 14.6. The normalized spacial score (nSPS) is 14.4. The monoisotopic (exact) mass is 334 g/mol. The number of benzene rings is 2. The Morgan fingerprint density at radius 2 is 1.56 bits per heavy atom. The molecule has 1 heterocycles. The summed E-state index contributed by atoms with van der Waals surface area (Å²) in [6.45, 7) is 4.39. The topological polar surface area (TPSA) is 42.3 Å². The minimum Gasteiger partial charge on any atom is -0.336 e. The van der Waals surface area contributed by atoms with Crippen LogP contribution in [0.15, 0.2) is 53.3 Å². The van der Waals surface area contributed by atoms with Crippen LogP contribution < -0.4 is 5.43 Å². The van der Waals surface area contributed by atoms with Gasteiger partial charge >= 0.3 is 0 Å². The Bertz CT molecular complexity index is 953. The minimum absolute atomic E-state index is 0.0257. The van der Waals surface area contributed by atoms with E-state index in [9.17, 15) is 9.59 Å². The fraction of sp³-hybridized carbons (Fsp3) is 0.333. The van der Waals surface area contributed by atoms with Crippen LogP contribution in [-0.2, 0) is 11.3 Å². The summed E-state index contributed by atoms with van der Waals surface area (Å²) in [6.07, 6.45) is 2.19. The number of para-hydroxylation sites is 2. The molecule has 1 fully saturated rings. The summed E-state index contributed by atoms with van der Waals surface area (Å²) in [5, 5.41) is 1.33. The second-order valence-electron chi connectivity index (χ2n) is 7.08. The Kier molecular flexibility index (Phi) is 3.83. The van der Waals surface area contributed by atoms with Crippen LogP contribution in [0.25, 0.3) is 21.8 Å². The number of amides is 1. The molecule has 4 rings (SSSR count). The predicted octanol–water partition coefficient (Wildman–Crippen LogP) is 3.55. The molecule has 4 heteroatoms. The van der Waals surface area contributed by atoms with Crippen LogP contribution in [-0.4, -0.2) is 27.5 Å². The standard InChI is InChI=1S/C21H22N2O2/c1-14(2)23(15-11-12-15)20(24)13-22-18-9-5-3-7-16(18)21(25)17-8-4-6-10-19(17)22/h3-10,14-15H,11-13H2,1-2H3. The average molecular weight is 334 g/mol. The van der Waals surface area contributed by atoms with Gasteiger partial charge in [0.1, 0.15) is 6.54 Å². The van der Waals surface area contributed by atoms with Crippen LogP contribution in [0, 0.1) is 0 Å². The van der Waals surface area contributed by atoms with Gasteiger partial charge in [0, 0.05) is 22.9 Å². The number of hydrogen-bond donors (Lipinski definition) is 0. The minimum atomic E-state index is 0.0257. The van der Waals surface area contributed by atoms with Gasteiger partial charge < -0.3 is 9.47 Å². The molecule has 1 aliphatic rings. The third-order valence-corrected chi connectivity index (χ3v) is 4.96. The van der Waals surface area contributed by atoms with Crippen LogP contribution >= 0.6 is 0 Å². The maximum absolute atomic E-state index is 13.0. The van der Waals surface area contributed by atoms with Crippen LogP contribution in [0.2, 0.25) is 0 Å². The Hall–Kier alpha value is -2.62. The lowest BCUT2D eigenvalue weighted by Gasteiger charge is -2.28. The lowest BCUT2D eigenvalue weighted by molar-refractivity contribution is -0.134. The maximum Gasteiger partial charge on any atom is 0.243 e. The van der Waals surface area contributed by atoms with Crippen molar-refractivity contribution in [3.05, 3.63) is 58.8 Å². The first-order valence-corrected chi connectivity index (χ1v) is 8.89. The van der Waals surface area contributed by atoms with Crippen molar-refractivity contribution in [3.63, 3.8) is 0 Å². The van der Waals surface area contributed by atoms with Crippen LogP contribution in [0.3, 0.4) is 0 Å². The highest BCUT2D eigenvalue weighted by atomic mass is 16.2. The molecule has 2 aromatic carbocycles. The van der Waals surface area contributed by atoms with Gasteiger partial charge in [0.25, 0.3) is 0 Å². The second kappa shape index (κ2) is 6.03. The SMILES string of the molecule is CC(C)N(C(=O)Cn1c2ccccc2c(=O)c2ccccc21)C1CC1. The van der Waals surface area contributed by atoms with Gasteiger partial charge in [0.2, 0.25) is 5.91 Å². The van der Waals surface area contributed by atoms with Crippen LogP contribution in [0.4, 0.5) is 0 Å². The zero-order chi connectivity index (χ0) is 17.6. The van der Waals surface area contributed by atoms with E-state index < -0.39 is 0 Å². The van der Waals surface area contributed by atoms with Gasteiger partial charge in [0.05, 0.1) is 11.0 Å². The van der Waals surface area contributed by atoms with Crippen molar-refractivity contribution < 1.29 is 4.79 Å². The summed E-state index contributed by atoms with van der Waals surface area (Å²) in [4.78, 5) is 27.8. The van der Waals surface area contributed by atoms with Gasteiger partial charge in [-0.15, -0.1) is 0 Å². The zero-order valence-corrected chi connectivity index (χ0v) is 14.6. The van der Waals surface area contributed by atoms with Gasteiger partial charge in [-0.2, -0.15) is 0 Å². The lowest BCUT2D eigenvalue weighted by Crippen LogP contribution is -2.41. The van der Waals surface area contributed by atoms with E-state index in [1.165, 1.54) is 0 Å². The van der Waals surface area contributed by atoms with Gasteiger partial charge in [-0.25, -0.2) is 0 Å². The lowest BCUT2D eigenvalue weighted by atomic mass is 10.1. The Labute approximate surface area is 146 Å². The molecule has 128 valence electrons. The Morgan fingerprint density at radius 1 is 1.04 bits per heavy atom. The summed E-state index contributed by atoms with van der Waals surface area (Å²) < 4.78 is 1.99. The molecule has 0 radical (unpaired) electrons. The molecule has 0 atom stereocenters. The maximum atomic E-state index is 13.0. The van der Waals surface area contributed by atoms with E-state index in [2.05, 4.69) is 13.8 Å². The van der Waals surface area contributed by atoms with Gasteiger partial charge in [-0.1, -0.05) is 24.3 Å². The Balaban J connectivity index is 1.89. The second-order valence-corrected chi connectivity index (χ2v) is 7.08. The number of rotatable bonds is 4. The molecule has 0 unspecified atom stereocenters. The summed E-state index contributed by atoms with van der Waals surface area (Å²) in [6, 6.07) is 15.7. The van der Waals surface area contributed by atoms with Gasteiger partial charge in [-0.05, 0) is 51.0 Å². The molecular formula is C21H22N2O2. The molecule has 25 heavy (non-hydrogen) atoms. The van der Waals surface area contributed by atoms with Crippen LogP contribution in [0.1, 0.15) is 26.7 Å². The van der Waals surface area contributed by atoms with Crippen molar-refractivity contribution in [2.24, 2.45) is 0 Å². The van der Waals surface area contributed by atoms with E-state index in [1.807, 2.05) is 58.0 Å². The molecule has 0 N–H and O–H groups in total. The fourth-order valence-corrected chi connectivity index (χ4v) is 3.73. The Morgan fingerprint density at radius 3 is 2.04 bits per heavy atom. The highest BCUT2D eigenvalue weighted by Gasteiger charge is 2.34. The van der Waals surface area contributed by atoms with Crippen LogP contribution in [0.5, 0.6) is 0 Å². The van der Waals surface area contributed by atoms with Crippen molar-refractivity contribution in [1.29, 1.82) is 0 Å². The quantitative estimate of drug-likeness (QED) is 0.685. The van der Waals surface area contributed by atoms with Crippen molar-refractivity contribution in [2.75, 3.05) is 0 Å². The first-order valence-electron chi connectivity index (χ1n) is 8.89. The first kappa shape index (κ1) is 15.9. The van der Waals surface area contributed by atoms with Gasteiger partial charge in [0.15, 0.2) is 5.43 Å². The van der Waals surface area contributed by atoms with E-state index in [0.29, 0.717) is 16.8 Å². The van der Waals surface area contributed by atoms with E-state index in [4.69, 9.17) is 0 Å². The number of fused-ring (bicyclic) bond motifs is 2. The molecule has 4 nitrogen and oxygen atoms in total.